The lowest BCUT2D eigenvalue weighted by Gasteiger charge is -2.31. The van der Waals surface area contributed by atoms with Crippen molar-refractivity contribution in [2.75, 3.05) is 44.9 Å². The second-order valence-corrected chi connectivity index (χ2v) is 14.3. The van der Waals surface area contributed by atoms with Crippen LogP contribution in [0.5, 0.6) is 5.88 Å². The fourth-order valence-electron chi connectivity index (χ4n) is 5.76. The van der Waals surface area contributed by atoms with Crippen LogP contribution < -0.4 is 25.0 Å². The maximum Gasteiger partial charge on any atom is 0.407 e. The minimum Gasteiger partial charge on any atom is -0.472 e. The zero-order chi connectivity index (χ0) is 33.2. The Morgan fingerprint density at radius 1 is 1.20 bits per heavy atom. The van der Waals surface area contributed by atoms with Gasteiger partial charge in [-0.2, -0.15) is 4.98 Å². The Labute approximate surface area is 267 Å². The van der Waals surface area contributed by atoms with Gasteiger partial charge in [-0.25, -0.2) is 18.2 Å². The maximum atomic E-state index is 13.9. The van der Waals surface area contributed by atoms with E-state index in [1.54, 1.807) is 26.1 Å². The lowest BCUT2D eigenvalue weighted by atomic mass is 10.0. The highest BCUT2D eigenvalue weighted by Gasteiger charge is 2.62. The summed E-state index contributed by atoms with van der Waals surface area (Å²) in [7, 11) is -2.69. The molecule has 0 aromatic carbocycles. The van der Waals surface area contributed by atoms with Gasteiger partial charge in [-0.15, -0.1) is 6.58 Å². The standard InChI is InChI=1S/C29H41N7O9S/c1-5-18-15-29(18,26(39)34-46(41,42)20-6-7-20)33-24(37)21-14-19(16-36(21)25(38)23(17(2)3)32-28(40)43-4)45-22-8-9-30-27(31-22)35-10-12-44-13-11-35/h5,8-9,17-21,23H,1,6-7,10-16H2,2-4H3,(H,32,40)(H,33,37)(H,34,39)/t18?,19-,21+,23+,29?/m1/s1. The second kappa shape index (κ2) is 13.4. The molecule has 4 amide bonds. The molecule has 46 heavy (non-hydrogen) atoms. The fraction of sp³-hybridized carbons (Fsp3) is 0.655. The number of alkyl carbamates (subject to hydrolysis) is 1. The van der Waals surface area contributed by atoms with Gasteiger partial charge in [-0.1, -0.05) is 19.9 Å². The fourth-order valence-corrected chi connectivity index (χ4v) is 7.12. The van der Waals surface area contributed by atoms with Gasteiger partial charge in [-0.3, -0.25) is 19.1 Å². The molecule has 4 aliphatic rings. The molecule has 1 aromatic heterocycles. The first-order valence-corrected chi connectivity index (χ1v) is 16.9. The predicted octanol–water partition coefficient (Wildman–Crippen LogP) is -0.289. The van der Waals surface area contributed by atoms with Gasteiger partial charge in [-0.05, 0) is 25.2 Å². The first-order valence-electron chi connectivity index (χ1n) is 15.4. The first-order chi connectivity index (χ1) is 21.9. The third-order valence-corrected chi connectivity index (χ3v) is 10.5. The van der Waals surface area contributed by atoms with Crippen LogP contribution in [-0.2, 0) is 33.9 Å². The third kappa shape index (κ3) is 7.19. The van der Waals surface area contributed by atoms with Gasteiger partial charge in [0.2, 0.25) is 33.7 Å². The number of carbonyl (C=O) groups excluding carboxylic acids is 4. The van der Waals surface area contributed by atoms with Crippen molar-refractivity contribution in [1.29, 1.82) is 0 Å². The van der Waals surface area contributed by atoms with Crippen LogP contribution in [0.25, 0.3) is 0 Å². The van der Waals surface area contributed by atoms with Crippen LogP contribution >= 0.6 is 0 Å². The van der Waals surface area contributed by atoms with E-state index >= 15 is 0 Å². The molecular formula is C29H41N7O9S. The number of carbonyl (C=O) groups is 4. The SMILES string of the molecule is C=CC1CC1(NC(=O)[C@@H]1C[C@@H](Oc2ccnc(N3CCOCC3)n2)CN1C(=O)[C@@H](NC(=O)OC)C(C)C)C(=O)NS(=O)(=O)C1CC1. The van der Waals surface area contributed by atoms with Crippen molar-refractivity contribution >= 4 is 39.8 Å². The molecule has 4 fully saturated rings. The number of amides is 4. The minimum absolute atomic E-state index is 0.0278. The Bertz CT molecular complexity index is 1460. The van der Waals surface area contributed by atoms with E-state index in [9.17, 15) is 27.6 Å². The summed E-state index contributed by atoms with van der Waals surface area (Å²) in [5, 5.41) is 4.65. The van der Waals surface area contributed by atoms with Gasteiger partial charge in [0.05, 0.1) is 32.1 Å². The van der Waals surface area contributed by atoms with E-state index in [1.807, 2.05) is 4.90 Å². The molecule has 2 aliphatic carbocycles. The van der Waals surface area contributed by atoms with Crippen LogP contribution in [0.2, 0.25) is 0 Å². The number of sulfonamides is 1. The molecule has 252 valence electrons. The Hall–Kier alpha value is -3.99. The average Bonchev–Trinajstić information content (AvgIpc) is 3.96. The first kappa shape index (κ1) is 33.4. The molecule has 0 radical (unpaired) electrons. The van der Waals surface area contributed by atoms with Crippen molar-refractivity contribution in [1.82, 2.24) is 30.2 Å². The molecule has 2 saturated heterocycles. The van der Waals surface area contributed by atoms with Crippen LogP contribution in [0.4, 0.5) is 10.7 Å². The molecule has 17 heteroatoms. The largest absolute Gasteiger partial charge is 0.472 e. The summed E-state index contributed by atoms with van der Waals surface area (Å²) in [5.41, 5.74) is -1.53. The molecule has 0 spiro atoms. The summed E-state index contributed by atoms with van der Waals surface area (Å²) in [4.78, 5) is 65.4. The quantitative estimate of drug-likeness (QED) is 0.248. The average molecular weight is 664 g/mol. The van der Waals surface area contributed by atoms with Crippen LogP contribution in [0.15, 0.2) is 24.9 Å². The van der Waals surface area contributed by atoms with Gasteiger partial charge < -0.3 is 34.6 Å². The zero-order valence-corrected chi connectivity index (χ0v) is 27.0. The lowest BCUT2D eigenvalue weighted by Crippen LogP contribution is -2.59. The van der Waals surface area contributed by atoms with Crippen molar-refractivity contribution in [3.05, 3.63) is 24.9 Å². The Balaban J connectivity index is 1.37. The molecule has 1 aromatic rings. The number of aromatic nitrogens is 2. The van der Waals surface area contributed by atoms with Crippen molar-refractivity contribution in [2.24, 2.45) is 11.8 Å². The monoisotopic (exact) mass is 663 g/mol. The topological polar surface area (TPSA) is 198 Å². The van der Waals surface area contributed by atoms with Crippen molar-refractivity contribution < 1.29 is 41.8 Å². The van der Waals surface area contributed by atoms with E-state index in [0.717, 1.165) is 0 Å². The number of methoxy groups -OCH3 is 1. The van der Waals surface area contributed by atoms with Crippen LogP contribution in [0.1, 0.15) is 39.5 Å². The van der Waals surface area contributed by atoms with Gasteiger partial charge in [0.25, 0.3) is 5.91 Å². The van der Waals surface area contributed by atoms with Crippen LogP contribution in [0.3, 0.4) is 0 Å². The summed E-state index contributed by atoms with van der Waals surface area (Å²) in [6, 6.07) is -0.566. The highest BCUT2D eigenvalue weighted by molar-refractivity contribution is 7.91. The predicted molar refractivity (Wildman–Crippen MR) is 163 cm³/mol. The molecule has 5 rings (SSSR count). The Morgan fingerprint density at radius 3 is 2.52 bits per heavy atom. The highest BCUT2D eigenvalue weighted by atomic mass is 32.2. The molecule has 2 unspecified atom stereocenters. The molecule has 2 saturated carbocycles. The summed E-state index contributed by atoms with van der Waals surface area (Å²) >= 11 is 0. The van der Waals surface area contributed by atoms with Gasteiger partial charge in [0.15, 0.2) is 0 Å². The normalized spacial score (nSPS) is 26.6. The maximum absolute atomic E-state index is 13.9. The number of rotatable bonds is 12. The molecule has 16 nitrogen and oxygen atoms in total. The summed E-state index contributed by atoms with van der Waals surface area (Å²) in [6.07, 6.45) is 2.67. The summed E-state index contributed by atoms with van der Waals surface area (Å²) < 4.78 is 43.5. The third-order valence-electron chi connectivity index (χ3n) is 8.69. The van der Waals surface area contributed by atoms with Gasteiger partial charge in [0, 0.05) is 37.7 Å². The van der Waals surface area contributed by atoms with E-state index in [1.165, 1.54) is 18.1 Å². The zero-order valence-electron chi connectivity index (χ0n) is 26.1. The summed E-state index contributed by atoms with van der Waals surface area (Å²) in [6.45, 7) is 9.50. The molecule has 2 aliphatic heterocycles. The minimum atomic E-state index is -3.87. The van der Waals surface area contributed by atoms with E-state index in [-0.39, 0.29) is 31.2 Å². The number of nitrogens with zero attached hydrogens (tertiary/aromatic N) is 4. The Morgan fingerprint density at radius 2 is 1.91 bits per heavy atom. The number of ether oxygens (including phenoxy) is 3. The number of nitrogens with one attached hydrogen (secondary N) is 3. The number of likely N-dealkylation sites (tertiary alicyclic amines) is 1. The number of anilines is 1. The van der Waals surface area contributed by atoms with E-state index in [4.69, 9.17) is 14.2 Å². The van der Waals surface area contributed by atoms with E-state index < -0.39 is 68.7 Å². The number of morpholine rings is 1. The number of hydrogen-bond donors (Lipinski definition) is 3. The molecule has 3 heterocycles. The smallest absolute Gasteiger partial charge is 0.407 e. The van der Waals surface area contributed by atoms with Crippen molar-refractivity contribution in [3.63, 3.8) is 0 Å². The summed E-state index contributed by atoms with van der Waals surface area (Å²) in [5.74, 6) is -2.22. The van der Waals surface area contributed by atoms with Crippen LogP contribution in [0, 0.1) is 11.8 Å². The van der Waals surface area contributed by atoms with E-state index in [2.05, 4.69) is 31.9 Å². The molecule has 0 bridgehead atoms. The van der Waals surface area contributed by atoms with Crippen molar-refractivity contribution in [2.45, 2.75) is 68.5 Å². The number of hydrogen-bond acceptors (Lipinski definition) is 12. The molecule has 5 atom stereocenters. The Kier molecular flexibility index (Phi) is 9.72. The lowest BCUT2D eigenvalue weighted by molar-refractivity contribution is -0.141. The van der Waals surface area contributed by atoms with Gasteiger partial charge >= 0.3 is 6.09 Å². The van der Waals surface area contributed by atoms with Gasteiger partial charge in [0.1, 0.15) is 23.7 Å². The second-order valence-electron chi connectivity index (χ2n) is 12.3. The van der Waals surface area contributed by atoms with Crippen LogP contribution in [-0.4, -0.2) is 116 Å². The van der Waals surface area contributed by atoms with E-state index in [0.29, 0.717) is 45.1 Å². The molecular weight excluding hydrogens is 622 g/mol. The molecule has 3 N–H and O–H groups in total. The van der Waals surface area contributed by atoms with Crippen molar-refractivity contribution in [3.8, 4) is 5.88 Å². The highest BCUT2D eigenvalue weighted by Crippen LogP contribution is 2.45.